The highest BCUT2D eigenvalue weighted by Crippen LogP contribution is 2.30. The Hall–Kier alpha value is -1.75. The van der Waals surface area contributed by atoms with E-state index in [2.05, 4.69) is 0 Å². The van der Waals surface area contributed by atoms with Gasteiger partial charge >= 0.3 is 6.09 Å². The topological polar surface area (TPSA) is 48.0 Å². The van der Waals surface area contributed by atoms with Crippen molar-refractivity contribution in [3.63, 3.8) is 0 Å². The lowest BCUT2D eigenvalue weighted by Crippen LogP contribution is -2.50. The van der Waals surface area contributed by atoms with Crippen LogP contribution in [0.1, 0.15) is 41.0 Å². The highest BCUT2D eigenvalue weighted by molar-refractivity contribution is 5.69. The monoisotopic (exact) mass is 321 g/mol. The summed E-state index contributed by atoms with van der Waals surface area (Å²) in [5.74, 6) is 0.828. The zero-order chi connectivity index (χ0) is 17.1. The van der Waals surface area contributed by atoms with Crippen molar-refractivity contribution >= 4 is 6.09 Å². The van der Waals surface area contributed by atoms with Gasteiger partial charge in [-0.15, -0.1) is 0 Å². The van der Waals surface area contributed by atoms with Crippen molar-refractivity contribution in [1.29, 1.82) is 0 Å². The van der Waals surface area contributed by atoms with E-state index in [1.54, 1.807) is 4.90 Å². The first kappa shape index (κ1) is 17.6. The molecule has 1 saturated heterocycles. The molecule has 23 heavy (non-hydrogen) atoms. The Morgan fingerprint density at radius 2 is 1.96 bits per heavy atom. The number of hydrogen-bond donors (Lipinski definition) is 0. The molecule has 1 amide bonds. The Bertz CT molecular complexity index is 522. The van der Waals surface area contributed by atoms with E-state index in [1.807, 2.05) is 65.0 Å². The smallest absolute Gasteiger partial charge is 0.412 e. The van der Waals surface area contributed by atoms with Crippen LogP contribution in [0, 0.1) is 0 Å². The van der Waals surface area contributed by atoms with Crippen molar-refractivity contribution in [2.24, 2.45) is 0 Å². The molecule has 1 heterocycles. The van der Waals surface area contributed by atoms with Gasteiger partial charge in [-0.3, -0.25) is 4.90 Å². The first-order chi connectivity index (χ1) is 10.7. The number of benzene rings is 1. The van der Waals surface area contributed by atoms with E-state index in [9.17, 15) is 4.79 Å². The van der Waals surface area contributed by atoms with E-state index in [-0.39, 0.29) is 12.1 Å². The zero-order valence-electron chi connectivity index (χ0n) is 14.7. The van der Waals surface area contributed by atoms with Crippen molar-refractivity contribution in [1.82, 2.24) is 4.90 Å². The maximum atomic E-state index is 12.5. The maximum Gasteiger partial charge on any atom is 0.412 e. The number of amides is 1. The van der Waals surface area contributed by atoms with E-state index in [0.29, 0.717) is 19.6 Å². The molecule has 1 fully saturated rings. The molecule has 0 bridgehead atoms. The summed E-state index contributed by atoms with van der Waals surface area (Å²) >= 11 is 0. The SMILES string of the molecule is CC(C)(C)OC(=O)N1[C@@H](CCOc2ccccc2)COC1(C)C. The van der Waals surface area contributed by atoms with Crippen molar-refractivity contribution in [2.45, 2.75) is 58.4 Å². The average molecular weight is 321 g/mol. The Morgan fingerprint density at radius 1 is 1.30 bits per heavy atom. The molecule has 0 N–H and O–H groups in total. The summed E-state index contributed by atoms with van der Waals surface area (Å²) in [7, 11) is 0. The second-order valence-corrected chi connectivity index (χ2v) is 7.21. The van der Waals surface area contributed by atoms with Crippen LogP contribution in [-0.4, -0.2) is 41.6 Å². The van der Waals surface area contributed by atoms with Crippen LogP contribution >= 0.6 is 0 Å². The van der Waals surface area contributed by atoms with Crippen molar-refractivity contribution in [2.75, 3.05) is 13.2 Å². The normalized spacial score (nSPS) is 20.4. The predicted octanol–water partition coefficient (Wildman–Crippen LogP) is 3.83. The molecule has 2 rings (SSSR count). The van der Waals surface area contributed by atoms with Crippen LogP contribution in [0.3, 0.4) is 0 Å². The van der Waals surface area contributed by atoms with Gasteiger partial charge in [0, 0.05) is 6.42 Å². The molecule has 0 saturated carbocycles. The number of para-hydroxylation sites is 1. The van der Waals surface area contributed by atoms with E-state index < -0.39 is 11.3 Å². The van der Waals surface area contributed by atoms with Gasteiger partial charge in [0.1, 0.15) is 17.1 Å². The van der Waals surface area contributed by atoms with Crippen LogP contribution in [0.4, 0.5) is 4.79 Å². The van der Waals surface area contributed by atoms with E-state index in [4.69, 9.17) is 14.2 Å². The van der Waals surface area contributed by atoms with Crippen LogP contribution in [0.5, 0.6) is 5.75 Å². The molecule has 1 atom stereocenters. The second kappa shape index (κ2) is 6.79. The molecule has 0 aromatic heterocycles. The Kier molecular flexibility index (Phi) is 5.19. The highest BCUT2D eigenvalue weighted by Gasteiger charge is 2.45. The van der Waals surface area contributed by atoms with Crippen LogP contribution in [0.25, 0.3) is 0 Å². The van der Waals surface area contributed by atoms with Crippen molar-refractivity contribution in [3.05, 3.63) is 30.3 Å². The van der Waals surface area contributed by atoms with Gasteiger partial charge in [0.05, 0.1) is 19.3 Å². The lowest BCUT2D eigenvalue weighted by Gasteiger charge is -2.35. The van der Waals surface area contributed by atoms with Crippen LogP contribution in [-0.2, 0) is 9.47 Å². The number of carbonyl (C=O) groups is 1. The third-order valence-corrected chi connectivity index (χ3v) is 3.63. The quantitative estimate of drug-likeness (QED) is 0.845. The predicted molar refractivity (Wildman–Crippen MR) is 88.4 cm³/mol. The third kappa shape index (κ3) is 4.86. The van der Waals surface area contributed by atoms with Gasteiger partial charge in [0.2, 0.25) is 0 Å². The summed E-state index contributed by atoms with van der Waals surface area (Å²) in [5.41, 5.74) is -1.19. The molecule has 5 nitrogen and oxygen atoms in total. The Labute approximate surface area is 138 Å². The molecular weight excluding hydrogens is 294 g/mol. The van der Waals surface area contributed by atoms with Gasteiger partial charge in [-0.2, -0.15) is 0 Å². The Balaban J connectivity index is 1.95. The zero-order valence-corrected chi connectivity index (χ0v) is 14.7. The van der Waals surface area contributed by atoms with Gasteiger partial charge < -0.3 is 14.2 Å². The molecule has 128 valence electrons. The van der Waals surface area contributed by atoms with Gasteiger partial charge in [0.15, 0.2) is 0 Å². The lowest BCUT2D eigenvalue weighted by atomic mass is 10.1. The minimum absolute atomic E-state index is 0.0523. The molecular formula is C18H27NO4. The molecule has 1 aromatic carbocycles. The van der Waals surface area contributed by atoms with E-state index in [0.717, 1.165) is 5.75 Å². The van der Waals surface area contributed by atoms with E-state index >= 15 is 0 Å². The molecule has 0 aliphatic carbocycles. The summed E-state index contributed by atoms with van der Waals surface area (Å²) in [4.78, 5) is 14.2. The lowest BCUT2D eigenvalue weighted by molar-refractivity contribution is -0.0629. The van der Waals surface area contributed by atoms with Crippen molar-refractivity contribution < 1.29 is 19.0 Å². The molecule has 0 spiro atoms. The summed E-state index contributed by atoms with van der Waals surface area (Å²) in [6, 6.07) is 9.60. The van der Waals surface area contributed by atoms with Crippen LogP contribution in [0.2, 0.25) is 0 Å². The Morgan fingerprint density at radius 3 is 2.57 bits per heavy atom. The molecule has 0 unspecified atom stereocenters. The van der Waals surface area contributed by atoms with Crippen LogP contribution < -0.4 is 4.74 Å². The fraction of sp³-hybridized carbons (Fsp3) is 0.611. The number of rotatable bonds is 4. The molecule has 1 aromatic rings. The number of ether oxygens (including phenoxy) is 3. The number of hydrogen-bond acceptors (Lipinski definition) is 4. The van der Waals surface area contributed by atoms with Gasteiger partial charge in [-0.1, -0.05) is 18.2 Å². The summed E-state index contributed by atoms with van der Waals surface area (Å²) in [5, 5.41) is 0. The molecule has 0 radical (unpaired) electrons. The average Bonchev–Trinajstić information content (AvgIpc) is 2.73. The minimum Gasteiger partial charge on any atom is -0.494 e. The molecule has 5 heteroatoms. The molecule has 1 aliphatic heterocycles. The fourth-order valence-electron chi connectivity index (χ4n) is 2.61. The summed E-state index contributed by atoms with van der Waals surface area (Å²) in [6.07, 6.45) is 0.349. The second-order valence-electron chi connectivity index (χ2n) is 7.21. The minimum atomic E-state index is -0.667. The third-order valence-electron chi connectivity index (χ3n) is 3.63. The maximum absolute atomic E-state index is 12.5. The van der Waals surface area contributed by atoms with Gasteiger partial charge in [-0.05, 0) is 46.8 Å². The molecule has 1 aliphatic rings. The fourth-order valence-corrected chi connectivity index (χ4v) is 2.61. The van der Waals surface area contributed by atoms with Gasteiger partial charge in [0.25, 0.3) is 0 Å². The first-order valence-electron chi connectivity index (χ1n) is 8.03. The highest BCUT2D eigenvalue weighted by atomic mass is 16.6. The summed E-state index contributed by atoms with van der Waals surface area (Å²) in [6.45, 7) is 10.4. The van der Waals surface area contributed by atoms with E-state index in [1.165, 1.54) is 0 Å². The standard InChI is InChI=1S/C18H27NO4/c1-17(2,3)23-16(20)19-14(13-22-18(19,4)5)11-12-21-15-9-7-6-8-10-15/h6-10,14H,11-13H2,1-5H3/t14-/m0/s1. The largest absolute Gasteiger partial charge is 0.494 e. The summed E-state index contributed by atoms with van der Waals surface area (Å²) < 4.78 is 17.0. The number of carbonyl (C=O) groups excluding carboxylic acids is 1. The van der Waals surface area contributed by atoms with Gasteiger partial charge in [-0.25, -0.2) is 4.79 Å². The first-order valence-corrected chi connectivity index (χ1v) is 8.03. The van der Waals surface area contributed by atoms with Crippen molar-refractivity contribution in [3.8, 4) is 5.75 Å². The number of nitrogens with zero attached hydrogens (tertiary/aromatic N) is 1. The van der Waals surface area contributed by atoms with Crippen LogP contribution in [0.15, 0.2) is 30.3 Å².